The summed E-state index contributed by atoms with van der Waals surface area (Å²) in [5, 5.41) is 7.33. The Bertz CT molecular complexity index is 871. The monoisotopic (exact) mass is 343 g/mol. The van der Waals surface area contributed by atoms with Crippen molar-refractivity contribution in [2.75, 3.05) is 5.32 Å². The lowest BCUT2D eigenvalue weighted by Gasteiger charge is -2.09. The number of carbonyl (C=O) groups is 1. The zero-order chi connectivity index (χ0) is 17.1. The minimum Gasteiger partial charge on any atom is -0.326 e. The van der Waals surface area contributed by atoms with E-state index in [4.69, 9.17) is 11.6 Å². The van der Waals surface area contributed by atoms with E-state index in [2.05, 4.69) is 10.4 Å². The summed E-state index contributed by atoms with van der Waals surface area (Å²) in [7, 11) is 0. The van der Waals surface area contributed by atoms with Crippen molar-refractivity contribution in [3.63, 3.8) is 0 Å². The quantitative estimate of drug-likeness (QED) is 0.773. The molecule has 0 aliphatic rings. The number of halogens is 2. The number of hydrogen-bond donors (Lipinski definition) is 1. The fourth-order valence-corrected chi connectivity index (χ4v) is 2.58. The Morgan fingerprint density at radius 1 is 1.25 bits per heavy atom. The fourth-order valence-electron chi connectivity index (χ4n) is 2.35. The standard InChI is InChI=1S/C18H15ClFN3O/c1-12-8-9-23(22-12)14-5-2-4-13(10-14)21-18(24)11-15-16(19)6-3-7-17(15)20/h2-10H,11H2,1H3,(H,21,24). The summed E-state index contributed by atoms with van der Waals surface area (Å²) in [6.45, 7) is 1.90. The zero-order valence-corrected chi connectivity index (χ0v) is 13.7. The van der Waals surface area contributed by atoms with Crippen LogP contribution >= 0.6 is 11.6 Å². The van der Waals surface area contributed by atoms with E-state index >= 15 is 0 Å². The molecule has 1 N–H and O–H groups in total. The molecule has 122 valence electrons. The zero-order valence-electron chi connectivity index (χ0n) is 13.0. The highest BCUT2D eigenvalue weighted by Crippen LogP contribution is 2.20. The summed E-state index contributed by atoms with van der Waals surface area (Å²) in [6.07, 6.45) is 1.71. The molecule has 0 atom stereocenters. The molecule has 2 aromatic carbocycles. The van der Waals surface area contributed by atoms with Crippen molar-refractivity contribution in [2.45, 2.75) is 13.3 Å². The number of nitrogens with one attached hydrogen (secondary N) is 1. The van der Waals surface area contributed by atoms with Crippen LogP contribution < -0.4 is 5.32 Å². The first kappa shape index (κ1) is 16.2. The van der Waals surface area contributed by atoms with Gasteiger partial charge in [-0.3, -0.25) is 4.79 Å². The molecule has 0 radical (unpaired) electrons. The molecule has 0 spiro atoms. The Hall–Kier alpha value is -2.66. The SMILES string of the molecule is Cc1ccn(-c2cccc(NC(=O)Cc3c(F)cccc3Cl)c2)n1. The maximum absolute atomic E-state index is 13.8. The van der Waals surface area contributed by atoms with Gasteiger partial charge in [0.25, 0.3) is 0 Å². The van der Waals surface area contributed by atoms with Crippen LogP contribution in [0.15, 0.2) is 54.7 Å². The van der Waals surface area contributed by atoms with Crippen molar-refractivity contribution in [2.24, 2.45) is 0 Å². The number of hydrogen-bond acceptors (Lipinski definition) is 2. The van der Waals surface area contributed by atoms with Gasteiger partial charge in [-0.25, -0.2) is 9.07 Å². The second-order valence-corrected chi connectivity index (χ2v) is 5.78. The van der Waals surface area contributed by atoms with E-state index in [1.165, 1.54) is 12.1 Å². The third-order valence-electron chi connectivity index (χ3n) is 3.52. The van der Waals surface area contributed by atoms with E-state index in [0.717, 1.165) is 11.4 Å². The Balaban J connectivity index is 1.75. The number of anilines is 1. The molecule has 4 nitrogen and oxygen atoms in total. The first-order valence-corrected chi connectivity index (χ1v) is 7.76. The Labute approximate surface area is 143 Å². The minimum absolute atomic E-state index is 0.128. The van der Waals surface area contributed by atoms with Gasteiger partial charge in [0.05, 0.1) is 17.8 Å². The van der Waals surface area contributed by atoms with Gasteiger partial charge in [-0.1, -0.05) is 23.7 Å². The van der Waals surface area contributed by atoms with Crippen LogP contribution in [0.4, 0.5) is 10.1 Å². The molecular weight excluding hydrogens is 329 g/mol. The number of aryl methyl sites for hydroxylation is 1. The molecule has 3 rings (SSSR count). The molecule has 0 aliphatic heterocycles. The van der Waals surface area contributed by atoms with E-state index in [-0.39, 0.29) is 22.9 Å². The molecule has 0 bridgehead atoms. The van der Waals surface area contributed by atoms with Crippen LogP contribution in [0.2, 0.25) is 5.02 Å². The maximum atomic E-state index is 13.8. The van der Waals surface area contributed by atoms with Crippen molar-refractivity contribution < 1.29 is 9.18 Å². The van der Waals surface area contributed by atoms with Crippen molar-refractivity contribution in [1.29, 1.82) is 0 Å². The first-order chi connectivity index (χ1) is 11.5. The van der Waals surface area contributed by atoms with E-state index in [1.54, 1.807) is 22.9 Å². The molecule has 6 heteroatoms. The third kappa shape index (κ3) is 3.63. The van der Waals surface area contributed by atoms with Crippen molar-refractivity contribution in [1.82, 2.24) is 9.78 Å². The Kier molecular flexibility index (Phi) is 4.62. The molecule has 1 amide bonds. The largest absolute Gasteiger partial charge is 0.326 e. The predicted molar refractivity (Wildman–Crippen MR) is 92.0 cm³/mol. The Morgan fingerprint density at radius 2 is 2.04 bits per heavy atom. The number of carbonyl (C=O) groups excluding carboxylic acids is 1. The van der Waals surface area contributed by atoms with Gasteiger partial charge in [-0.2, -0.15) is 5.10 Å². The highest BCUT2D eigenvalue weighted by Gasteiger charge is 2.12. The van der Waals surface area contributed by atoms with E-state index < -0.39 is 5.82 Å². The number of amides is 1. The summed E-state index contributed by atoms with van der Waals surface area (Å²) in [5.74, 6) is -0.825. The normalized spacial score (nSPS) is 10.6. The summed E-state index contributed by atoms with van der Waals surface area (Å²) >= 11 is 5.95. The topological polar surface area (TPSA) is 46.9 Å². The summed E-state index contributed by atoms with van der Waals surface area (Å²) in [6, 6.07) is 13.5. The van der Waals surface area contributed by atoms with E-state index in [9.17, 15) is 9.18 Å². The minimum atomic E-state index is -0.488. The summed E-state index contributed by atoms with van der Waals surface area (Å²) in [4.78, 5) is 12.2. The molecule has 3 aromatic rings. The van der Waals surface area contributed by atoms with Gasteiger partial charge < -0.3 is 5.32 Å². The number of nitrogens with zero attached hydrogens (tertiary/aromatic N) is 2. The predicted octanol–water partition coefficient (Wildman–Crippen LogP) is 4.15. The molecule has 0 saturated heterocycles. The molecule has 0 unspecified atom stereocenters. The lowest BCUT2D eigenvalue weighted by molar-refractivity contribution is -0.115. The van der Waals surface area contributed by atoms with Crippen LogP contribution in [0.1, 0.15) is 11.3 Å². The van der Waals surface area contributed by atoms with Gasteiger partial charge in [0.15, 0.2) is 0 Å². The van der Waals surface area contributed by atoms with Gasteiger partial charge in [0.1, 0.15) is 5.82 Å². The molecule has 1 aromatic heterocycles. The smallest absolute Gasteiger partial charge is 0.228 e. The van der Waals surface area contributed by atoms with Crippen LogP contribution in [0.3, 0.4) is 0 Å². The highest BCUT2D eigenvalue weighted by atomic mass is 35.5. The number of aromatic nitrogens is 2. The molecule has 0 aliphatic carbocycles. The van der Waals surface area contributed by atoms with Crippen LogP contribution in [-0.2, 0) is 11.2 Å². The van der Waals surface area contributed by atoms with Crippen molar-refractivity contribution >= 4 is 23.2 Å². The van der Waals surface area contributed by atoms with Crippen LogP contribution in [0.5, 0.6) is 0 Å². The Morgan fingerprint density at radius 3 is 2.75 bits per heavy atom. The van der Waals surface area contributed by atoms with Gasteiger partial charge in [-0.05, 0) is 43.3 Å². The molecular formula is C18H15ClFN3O. The van der Waals surface area contributed by atoms with E-state index in [0.29, 0.717) is 5.69 Å². The molecule has 0 fully saturated rings. The first-order valence-electron chi connectivity index (χ1n) is 7.38. The van der Waals surface area contributed by atoms with Gasteiger partial charge in [-0.15, -0.1) is 0 Å². The van der Waals surface area contributed by atoms with Gasteiger partial charge in [0.2, 0.25) is 5.91 Å². The summed E-state index contributed by atoms with van der Waals surface area (Å²) < 4.78 is 15.5. The lowest BCUT2D eigenvalue weighted by atomic mass is 10.1. The van der Waals surface area contributed by atoms with Crippen LogP contribution in [0.25, 0.3) is 5.69 Å². The molecule has 1 heterocycles. The number of rotatable bonds is 4. The second kappa shape index (κ2) is 6.84. The number of benzene rings is 2. The van der Waals surface area contributed by atoms with Crippen molar-refractivity contribution in [3.05, 3.63) is 76.8 Å². The van der Waals surface area contributed by atoms with Crippen LogP contribution in [-0.4, -0.2) is 15.7 Å². The van der Waals surface area contributed by atoms with Gasteiger partial charge >= 0.3 is 0 Å². The van der Waals surface area contributed by atoms with Crippen LogP contribution in [0, 0.1) is 12.7 Å². The third-order valence-corrected chi connectivity index (χ3v) is 3.87. The van der Waals surface area contributed by atoms with Gasteiger partial charge in [0, 0.05) is 22.5 Å². The molecule has 24 heavy (non-hydrogen) atoms. The van der Waals surface area contributed by atoms with E-state index in [1.807, 2.05) is 31.3 Å². The average molecular weight is 344 g/mol. The fraction of sp³-hybridized carbons (Fsp3) is 0.111. The lowest BCUT2D eigenvalue weighted by Crippen LogP contribution is -2.15. The molecule has 0 saturated carbocycles. The maximum Gasteiger partial charge on any atom is 0.228 e. The highest BCUT2D eigenvalue weighted by molar-refractivity contribution is 6.31. The van der Waals surface area contributed by atoms with Crippen molar-refractivity contribution in [3.8, 4) is 5.69 Å². The second-order valence-electron chi connectivity index (χ2n) is 5.38. The average Bonchev–Trinajstić information content (AvgIpc) is 2.98. The summed E-state index contributed by atoms with van der Waals surface area (Å²) in [5.41, 5.74) is 2.53.